The highest BCUT2D eigenvalue weighted by Gasteiger charge is 2.15. The van der Waals surface area contributed by atoms with E-state index in [9.17, 15) is 29.7 Å². The third kappa shape index (κ3) is 14.0. The molecular formula is C37H49N3O6. The molecule has 3 amide bonds. The number of likely N-dealkylation sites (N-methyl/N-ethyl adjacent to an activating group) is 3. The summed E-state index contributed by atoms with van der Waals surface area (Å²) in [5.41, 5.74) is 8.03. The van der Waals surface area contributed by atoms with Crippen LogP contribution in [0.25, 0.3) is 0 Å². The zero-order chi connectivity index (χ0) is 35.6. The molecule has 0 heterocycles. The number of hydrogen-bond acceptors (Lipinski definition) is 6. The SMILES string of the molecule is C=CC(=O)NC.C=CC(=O)NC.C=CC(=O)NC.Cc1cc(C)c(O)c(Cc2cc(C)cc(Cc3cc(C)cc(C)c3O)c2O)c1. The monoisotopic (exact) mass is 631 g/mol. The number of aromatic hydroxyl groups is 3. The minimum Gasteiger partial charge on any atom is -0.507 e. The minimum atomic E-state index is -0.144. The van der Waals surface area contributed by atoms with Crippen molar-refractivity contribution in [2.75, 3.05) is 21.1 Å². The predicted molar refractivity (Wildman–Crippen MR) is 186 cm³/mol. The van der Waals surface area contributed by atoms with Crippen LogP contribution in [0.15, 0.2) is 74.4 Å². The number of benzene rings is 3. The number of amides is 3. The Kier molecular flexibility index (Phi) is 18.2. The first-order valence-corrected chi connectivity index (χ1v) is 14.5. The molecule has 9 heteroatoms. The van der Waals surface area contributed by atoms with Gasteiger partial charge in [0, 0.05) is 34.0 Å². The summed E-state index contributed by atoms with van der Waals surface area (Å²) in [6, 6.07) is 11.7. The lowest BCUT2D eigenvalue weighted by atomic mass is 9.92. The third-order valence-electron chi connectivity index (χ3n) is 6.52. The Morgan fingerprint density at radius 3 is 0.978 bits per heavy atom. The third-order valence-corrected chi connectivity index (χ3v) is 6.52. The largest absolute Gasteiger partial charge is 0.507 e. The van der Waals surface area contributed by atoms with E-state index in [1.165, 1.54) is 18.2 Å². The van der Waals surface area contributed by atoms with E-state index in [-0.39, 0.29) is 35.0 Å². The normalized spacial score (nSPS) is 9.39. The summed E-state index contributed by atoms with van der Waals surface area (Å²) in [6.45, 7) is 19.4. The van der Waals surface area contributed by atoms with E-state index in [4.69, 9.17) is 0 Å². The number of carbonyl (C=O) groups is 3. The van der Waals surface area contributed by atoms with E-state index >= 15 is 0 Å². The molecule has 0 fully saturated rings. The van der Waals surface area contributed by atoms with E-state index in [0.717, 1.165) is 50.1 Å². The Labute approximate surface area is 273 Å². The molecular weight excluding hydrogens is 582 g/mol. The van der Waals surface area contributed by atoms with Gasteiger partial charge in [-0.1, -0.05) is 72.8 Å². The van der Waals surface area contributed by atoms with E-state index in [2.05, 4.69) is 35.7 Å². The Morgan fingerprint density at radius 2 is 0.761 bits per heavy atom. The number of hydrogen-bond donors (Lipinski definition) is 6. The van der Waals surface area contributed by atoms with Crippen LogP contribution < -0.4 is 16.0 Å². The topological polar surface area (TPSA) is 148 Å². The van der Waals surface area contributed by atoms with Gasteiger partial charge in [0.05, 0.1) is 0 Å². The average Bonchev–Trinajstić information content (AvgIpc) is 3.03. The van der Waals surface area contributed by atoms with Crippen LogP contribution in [0.1, 0.15) is 50.1 Å². The zero-order valence-electron chi connectivity index (χ0n) is 28.3. The molecule has 0 spiro atoms. The molecule has 0 aliphatic heterocycles. The highest BCUT2D eigenvalue weighted by molar-refractivity contribution is 5.87. The molecule has 0 aliphatic rings. The molecule has 0 atom stereocenters. The summed E-state index contributed by atoms with van der Waals surface area (Å²) in [5, 5.41) is 38.9. The lowest BCUT2D eigenvalue weighted by molar-refractivity contribution is -0.116. The van der Waals surface area contributed by atoms with Crippen LogP contribution in [-0.4, -0.2) is 54.2 Å². The number of phenolic OH excluding ortho intramolecular Hbond substituents is 3. The van der Waals surface area contributed by atoms with Crippen LogP contribution in [0.2, 0.25) is 0 Å². The molecule has 0 bridgehead atoms. The number of rotatable bonds is 7. The maximum atomic E-state index is 10.9. The lowest BCUT2D eigenvalue weighted by Gasteiger charge is -2.15. The van der Waals surface area contributed by atoms with Gasteiger partial charge in [-0.3, -0.25) is 14.4 Å². The van der Waals surface area contributed by atoms with Crippen LogP contribution in [-0.2, 0) is 27.2 Å². The summed E-state index contributed by atoms with van der Waals surface area (Å²) in [6.07, 6.45) is 4.57. The van der Waals surface area contributed by atoms with E-state index in [1.807, 2.05) is 71.0 Å². The van der Waals surface area contributed by atoms with Gasteiger partial charge in [-0.05, 0) is 86.2 Å². The Morgan fingerprint density at radius 1 is 0.522 bits per heavy atom. The van der Waals surface area contributed by atoms with Gasteiger partial charge >= 0.3 is 0 Å². The Bertz CT molecular complexity index is 1410. The van der Waals surface area contributed by atoms with Gasteiger partial charge in [-0.15, -0.1) is 0 Å². The van der Waals surface area contributed by atoms with Crippen molar-refractivity contribution in [1.29, 1.82) is 0 Å². The van der Waals surface area contributed by atoms with Gasteiger partial charge in [-0.25, -0.2) is 0 Å². The molecule has 9 nitrogen and oxygen atoms in total. The van der Waals surface area contributed by atoms with E-state index in [0.29, 0.717) is 12.8 Å². The summed E-state index contributed by atoms with van der Waals surface area (Å²) >= 11 is 0. The smallest absolute Gasteiger partial charge is 0.243 e. The minimum absolute atomic E-state index is 0.144. The van der Waals surface area contributed by atoms with Gasteiger partial charge in [0.25, 0.3) is 0 Å². The number of nitrogens with one attached hydrogen (secondary N) is 3. The van der Waals surface area contributed by atoms with Crippen molar-refractivity contribution < 1.29 is 29.7 Å². The van der Waals surface area contributed by atoms with E-state index < -0.39 is 0 Å². The van der Waals surface area contributed by atoms with Crippen LogP contribution in [0.5, 0.6) is 17.2 Å². The Hall–Kier alpha value is -5.31. The van der Waals surface area contributed by atoms with Crippen LogP contribution >= 0.6 is 0 Å². The fraction of sp³-hybridized carbons (Fsp3) is 0.270. The van der Waals surface area contributed by atoms with Crippen molar-refractivity contribution in [3.05, 3.63) is 124 Å². The highest BCUT2D eigenvalue weighted by Crippen LogP contribution is 2.34. The van der Waals surface area contributed by atoms with Gasteiger partial charge in [0.2, 0.25) is 17.7 Å². The maximum Gasteiger partial charge on any atom is 0.243 e. The lowest BCUT2D eigenvalue weighted by Crippen LogP contribution is -2.13. The molecule has 0 unspecified atom stereocenters. The quantitative estimate of drug-likeness (QED) is 0.196. The van der Waals surface area contributed by atoms with Gasteiger partial charge < -0.3 is 31.3 Å². The number of phenols is 3. The molecule has 3 aromatic rings. The molecule has 0 radical (unpaired) electrons. The number of carbonyl (C=O) groups excluding carboxylic acids is 3. The van der Waals surface area contributed by atoms with Crippen molar-refractivity contribution >= 4 is 17.7 Å². The second-order valence-corrected chi connectivity index (χ2v) is 10.4. The molecule has 46 heavy (non-hydrogen) atoms. The molecule has 0 saturated carbocycles. The molecule has 0 saturated heterocycles. The highest BCUT2D eigenvalue weighted by atomic mass is 16.3. The molecule has 0 aromatic heterocycles. The summed E-state index contributed by atoms with van der Waals surface area (Å²) < 4.78 is 0. The maximum absolute atomic E-state index is 10.9. The molecule has 0 aliphatic carbocycles. The zero-order valence-corrected chi connectivity index (χ0v) is 28.3. The molecule has 6 N–H and O–H groups in total. The molecule has 248 valence electrons. The second-order valence-electron chi connectivity index (χ2n) is 10.4. The second kappa shape index (κ2) is 20.6. The summed E-state index contributed by atoms with van der Waals surface area (Å²) in [4.78, 5) is 29.9. The first-order valence-electron chi connectivity index (χ1n) is 14.5. The van der Waals surface area contributed by atoms with Gasteiger partial charge in [0.1, 0.15) is 17.2 Å². The average molecular weight is 632 g/mol. The Balaban J connectivity index is 0.000000919. The fourth-order valence-corrected chi connectivity index (χ4v) is 4.29. The van der Waals surface area contributed by atoms with Crippen molar-refractivity contribution in [3.8, 4) is 17.2 Å². The summed E-state index contributed by atoms with van der Waals surface area (Å²) in [7, 11) is 4.68. The van der Waals surface area contributed by atoms with Crippen LogP contribution in [0, 0.1) is 34.6 Å². The molecule has 3 rings (SSSR count). The van der Waals surface area contributed by atoms with Gasteiger partial charge in [-0.2, -0.15) is 0 Å². The standard InChI is InChI=1S/C25H28O3.3C4H7NO/c1-14-6-17(4)23(26)19(8-14)12-21-10-16(3)11-22(25(21)28)13-20-9-15(2)7-18(5)24(20)27;3*1-3-4(6)5-2/h6-11,26-28H,12-13H2,1-5H3;3*3H,1H2,2H3,(H,5,6). The van der Waals surface area contributed by atoms with E-state index in [1.54, 1.807) is 21.1 Å². The van der Waals surface area contributed by atoms with Crippen LogP contribution in [0.3, 0.4) is 0 Å². The van der Waals surface area contributed by atoms with Crippen molar-refractivity contribution in [2.45, 2.75) is 47.5 Å². The first kappa shape index (κ1) is 40.7. The predicted octanol–water partition coefficient (Wildman–Crippen LogP) is 5.28. The fourth-order valence-electron chi connectivity index (χ4n) is 4.29. The summed E-state index contributed by atoms with van der Waals surface area (Å²) in [5.74, 6) is 0.350. The van der Waals surface area contributed by atoms with Crippen molar-refractivity contribution in [1.82, 2.24) is 16.0 Å². The van der Waals surface area contributed by atoms with Crippen molar-refractivity contribution in [2.24, 2.45) is 0 Å². The van der Waals surface area contributed by atoms with Crippen LogP contribution in [0.4, 0.5) is 0 Å². The van der Waals surface area contributed by atoms with Crippen molar-refractivity contribution in [3.63, 3.8) is 0 Å². The molecule has 3 aromatic carbocycles. The first-order chi connectivity index (χ1) is 21.6. The van der Waals surface area contributed by atoms with Gasteiger partial charge in [0.15, 0.2) is 0 Å². The number of aryl methyl sites for hydroxylation is 5.